The van der Waals surface area contributed by atoms with Crippen LogP contribution in [0, 0.1) is 0 Å². The SMILES string of the molecule is CN(C)c1ncnc2c1ncn2[C@@H]1S[C@H](CO)[C@H](O)C1O. The Hall–Kier alpha value is -1.42. The Balaban J connectivity index is 2.04. The van der Waals surface area contributed by atoms with E-state index in [1.54, 1.807) is 10.9 Å². The minimum absolute atomic E-state index is 0.191. The smallest absolute Gasteiger partial charge is 0.166 e. The lowest BCUT2D eigenvalue weighted by Gasteiger charge is -2.17. The van der Waals surface area contributed by atoms with Crippen molar-refractivity contribution in [1.82, 2.24) is 19.5 Å². The summed E-state index contributed by atoms with van der Waals surface area (Å²) in [5, 5.41) is 28.5. The molecule has 3 heterocycles. The van der Waals surface area contributed by atoms with Crippen LogP contribution in [0.1, 0.15) is 5.37 Å². The molecule has 0 aromatic carbocycles. The minimum atomic E-state index is -0.984. The van der Waals surface area contributed by atoms with Gasteiger partial charge in [-0.15, -0.1) is 11.8 Å². The number of hydrogen-bond donors (Lipinski definition) is 3. The highest BCUT2D eigenvalue weighted by molar-refractivity contribution is 8.00. The highest BCUT2D eigenvalue weighted by Crippen LogP contribution is 2.42. The van der Waals surface area contributed by atoms with Crippen molar-refractivity contribution in [1.29, 1.82) is 0 Å². The molecular formula is C12H17N5O3S. The number of anilines is 1. The highest BCUT2D eigenvalue weighted by Gasteiger charge is 2.43. The van der Waals surface area contributed by atoms with Crippen LogP contribution in [-0.4, -0.2) is 73.0 Å². The molecule has 4 atom stereocenters. The van der Waals surface area contributed by atoms with Gasteiger partial charge in [0.25, 0.3) is 0 Å². The molecule has 1 unspecified atom stereocenters. The van der Waals surface area contributed by atoms with Gasteiger partial charge in [-0.1, -0.05) is 0 Å². The second-order valence-corrected chi connectivity index (χ2v) is 6.51. The Morgan fingerprint density at radius 2 is 2.00 bits per heavy atom. The Labute approximate surface area is 125 Å². The normalized spacial score (nSPS) is 29.2. The number of thioether (sulfide) groups is 1. The van der Waals surface area contributed by atoms with Crippen molar-refractivity contribution in [2.75, 3.05) is 25.6 Å². The Bertz CT molecular complexity index is 649. The zero-order chi connectivity index (χ0) is 15.1. The standard InChI is InChI=1S/C12H17N5O3S/c1-16(2)10-7-11(14-4-13-10)17(5-15-7)12-9(20)8(19)6(3-18)21-12/h4-6,8-9,12,18-20H,3H2,1-2H3/t6-,8+,9?,12-/m1/s1. The van der Waals surface area contributed by atoms with Gasteiger partial charge in [0.1, 0.15) is 17.8 Å². The number of rotatable bonds is 3. The maximum atomic E-state index is 10.2. The van der Waals surface area contributed by atoms with Crippen molar-refractivity contribution in [3.05, 3.63) is 12.7 Å². The van der Waals surface area contributed by atoms with Crippen LogP contribution in [0.4, 0.5) is 5.82 Å². The van der Waals surface area contributed by atoms with Crippen LogP contribution in [0.25, 0.3) is 11.2 Å². The van der Waals surface area contributed by atoms with Gasteiger partial charge in [0, 0.05) is 14.1 Å². The van der Waals surface area contributed by atoms with Crippen molar-refractivity contribution in [3.8, 4) is 0 Å². The van der Waals surface area contributed by atoms with Gasteiger partial charge in [-0.3, -0.25) is 4.57 Å². The lowest BCUT2D eigenvalue weighted by molar-refractivity contribution is 0.0113. The van der Waals surface area contributed by atoms with Crippen LogP contribution in [0.15, 0.2) is 12.7 Å². The minimum Gasteiger partial charge on any atom is -0.395 e. The quantitative estimate of drug-likeness (QED) is 0.678. The molecule has 3 N–H and O–H groups in total. The molecule has 9 heteroatoms. The monoisotopic (exact) mass is 311 g/mol. The predicted molar refractivity (Wildman–Crippen MR) is 79.2 cm³/mol. The average molecular weight is 311 g/mol. The molecule has 1 aliphatic heterocycles. The van der Waals surface area contributed by atoms with Gasteiger partial charge in [-0.25, -0.2) is 15.0 Å². The van der Waals surface area contributed by atoms with E-state index in [4.69, 9.17) is 0 Å². The fourth-order valence-electron chi connectivity index (χ4n) is 2.46. The summed E-state index contributed by atoms with van der Waals surface area (Å²) < 4.78 is 1.72. The van der Waals surface area contributed by atoms with Crippen LogP contribution in [0.3, 0.4) is 0 Å². The molecule has 1 aliphatic rings. The molecule has 0 bridgehead atoms. The summed E-state index contributed by atoms with van der Waals surface area (Å²) in [7, 11) is 3.73. The summed E-state index contributed by atoms with van der Waals surface area (Å²) in [4.78, 5) is 14.6. The summed E-state index contributed by atoms with van der Waals surface area (Å²) in [5.74, 6) is 0.690. The van der Waals surface area contributed by atoms with Gasteiger partial charge < -0.3 is 20.2 Å². The number of aliphatic hydroxyl groups is 3. The van der Waals surface area contributed by atoms with Gasteiger partial charge >= 0.3 is 0 Å². The van der Waals surface area contributed by atoms with Crippen LogP contribution < -0.4 is 4.90 Å². The van der Waals surface area contributed by atoms with Crippen molar-refractivity contribution in [2.24, 2.45) is 0 Å². The highest BCUT2D eigenvalue weighted by atomic mass is 32.2. The average Bonchev–Trinajstić information content (AvgIpc) is 3.01. The van der Waals surface area contributed by atoms with E-state index in [0.29, 0.717) is 17.0 Å². The van der Waals surface area contributed by atoms with E-state index in [9.17, 15) is 15.3 Å². The van der Waals surface area contributed by atoms with E-state index >= 15 is 0 Å². The molecule has 0 amide bonds. The van der Waals surface area contributed by atoms with E-state index in [0.717, 1.165) is 0 Å². The van der Waals surface area contributed by atoms with Crippen molar-refractivity contribution in [3.63, 3.8) is 0 Å². The molecule has 0 spiro atoms. The summed E-state index contributed by atoms with van der Waals surface area (Å²) in [5.41, 5.74) is 1.23. The van der Waals surface area contributed by atoms with Gasteiger partial charge in [0.05, 0.1) is 24.3 Å². The molecule has 0 aliphatic carbocycles. The number of aromatic nitrogens is 4. The third-order valence-corrected chi connectivity index (χ3v) is 5.12. The molecule has 0 radical (unpaired) electrons. The second-order valence-electron chi connectivity index (χ2n) is 5.14. The van der Waals surface area contributed by atoms with Crippen molar-refractivity contribution >= 4 is 28.7 Å². The van der Waals surface area contributed by atoms with E-state index in [2.05, 4.69) is 15.0 Å². The fourth-order valence-corrected chi connectivity index (χ4v) is 3.84. The molecule has 0 saturated carbocycles. The first-order valence-corrected chi connectivity index (χ1v) is 7.46. The van der Waals surface area contributed by atoms with Gasteiger partial charge in [0.15, 0.2) is 17.0 Å². The van der Waals surface area contributed by atoms with Crippen LogP contribution in [0.5, 0.6) is 0 Å². The van der Waals surface area contributed by atoms with E-state index in [-0.39, 0.29) is 6.61 Å². The first kappa shape index (κ1) is 14.5. The summed E-state index contributed by atoms with van der Waals surface area (Å²) in [6.45, 7) is -0.191. The molecule has 1 saturated heterocycles. The molecule has 2 aromatic rings. The molecule has 1 fully saturated rings. The topological polar surface area (TPSA) is 108 Å². The summed E-state index contributed by atoms with van der Waals surface area (Å²) in [6.07, 6.45) is 1.07. The first-order valence-electron chi connectivity index (χ1n) is 6.52. The number of fused-ring (bicyclic) bond motifs is 1. The maximum Gasteiger partial charge on any atom is 0.166 e. The lowest BCUT2D eigenvalue weighted by Crippen LogP contribution is -2.32. The van der Waals surface area contributed by atoms with Gasteiger partial charge in [-0.05, 0) is 0 Å². The zero-order valence-corrected chi connectivity index (χ0v) is 12.5. The van der Waals surface area contributed by atoms with Gasteiger partial charge in [-0.2, -0.15) is 0 Å². The number of hydrogen-bond acceptors (Lipinski definition) is 8. The van der Waals surface area contributed by atoms with Crippen LogP contribution in [0.2, 0.25) is 0 Å². The molecular weight excluding hydrogens is 294 g/mol. The Morgan fingerprint density at radius 1 is 1.24 bits per heavy atom. The third kappa shape index (κ3) is 2.26. The molecule has 21 heavy (non-hydrogen) atoms. The first-order chi connectivity index (χ1) is 10.0. The number of imidazole rings is 1. The van der Waals surface area contributed by atoms with E-state index in [1.807, 2.05) is 19.0 Å². The Kier molecular flexibility index (Phi) is 3.74. The predicted octanol–water partition coefficient (Wildman–Crippen LogP) is -0.780. The second kappa shape index (κ2) is 5.41. The summed E-state index contributed by atoms with van der Waals surface area (Å²) >= 11 is 1.31. The zero-order valence-electron chi connectivity index (χ0n) is 11.7. The van der Waals surface area contributed by atoms with E-state index < -0.39 is 22.8 Å². The number of aliphatic hydroxyl groups excluding tert-OH is 3. The third-order valence-electron chi connectivity index (χ3n) is 3.55. The fraction of sp³-hybridized carbons (Fsp3) is 0.583. The number of nitrogens with zero attached hydrogens (tertiary/aromatic N) is 5. The van der Waals surface area contributed by atoms with E-state index in [1.165, 1.54) is 18.1 Å². The molecule has 3 rings (SSSR count). The van der Waals surface area contributed by atoms with Crippen molar-refractivity contribution in [2.45, 2.75) is 22.8 Å². The van der Waals surface area contributed by atoms with Crippen molar-refractivity contribution < 1.29 is 15.3 Å². The maximum absolute atomic E-state index is 10.2. The molecule has 114 valence electrons. The largest absolute Gasteiger partial charge is 0.395 e. The van der Waals surface area contributed by atoms with Crippen LogP contribution >= 0.6 is 11.8 Å². The molecule has 8 nitrogen and oxygen atoms in total. The van der Waals surface area contributed by atoms with Gasteiger partial charge in [0.2, 0.25) is 0 Å². The van der Waals surface area contributed by atoms with Crippen LogP contribution in [-0.2, 0) is 0 Å². The Morgan fingerprint density at radius 3 is 2.62 bits per heavy atom. The lowest BCUT2D eigenvalue weighted by atomic mass is 10.1. The molecule has 2 aromatic heterocycles. The summed E-state index contributed by atoms with van der Waals surface area (Å²) in [6, 6.07) is 0.